The van der Waals surface area contributed by atoms with Crippen molar-refractivity contribution < 1.29 is 22.7 Å². The van der Waals surface area contributed by atoms with Crippen molar-refractivity contribution in [1.82, 2.24) is 9.29 Å². The summed E-state index contributed by atoms with van der Waals surface area (Å²) < 4.78 is 39.3. The van der Waals surface area contributed by atoms with E-state index in [1.165, 1.54) is 12.3 Å². The van der Waals surface area contributed by atoms with Crippen molar-refractivity contribution in [2.75, 3.05) is 13.1 Å². The molecule has 1 saturated heterocycles. The fourth-order valence-electron chi connectivity index (χ4n) is 2.34. The van der Waals surface area contributed by atoms with E-state index in [0.29, 0.717) is 12.8 Å². The highest BCUT2D eigenvalue weighted by Crippen LogP contribution is 2.25. The molecular formula is C12H15FN2O4S. The Kier molecular flexibility index (Phi) is 4.34. The maximum absolute atomic E-state index is 13.6. The van der Waals surface area contributed by atoms with E-state index in [0.717, 1.165) is 10.4 Å². The number of sulfonamides is 1. The van der Waals surface area contributed by atoms with Gasteiger partial charge in [0.2, 0.25) is 5.03 Å². The van der Waals surface area contributed by atoms with Crippen LogP contribution in [0.1, 0.15) is 19.3 Å². The highest BCUT2D eigenvalue weighted by molar-refractivity contribution is 7.89. The third kappa shape index (κ3) is 3.13. The third-order valence-corrected chi connectivity index (χ3v) is 5.05. The summed E-state index contributed by atoms with van der Waals surface area (Å²) in [6.07, 6.45) is 2.35. The Bertz CT molecular complexity index is 605. The summed E-state index contributed by atoms with van der Waals surface area (Å²) in [6.45, 7) is 0.346. The SMILES string of the molecule is O=C(O)CC1CCCN(S(=O)(=O)c2ncccc2F)C1. The van der Waals surface area contributed by atoms with Gasteiger partial charge in [0.1, 0.15) is 0 Å². The average molecular weight is 302 g/mol. The second kappa shape index (κ2) is 5.84. The lowest BCUT2D eigenvalue weighted by Gasteiger charge is -2.30. The number of carboxylic acids is 1. The summed E-state index contributed by atoms with van der Waals surface area (Å²) in [5.41, 5.74) is 0. The van der Waals surface area contributed by atoms with Gasteiger partial charge in [-0.05, 0) is 30.9 Å². The second-order valence-corrected chi connectivity index (χ2v) is 6.61. The Hall–Kier alpha value is -1.54. The maximum Gasteiger partial charge on any atom is 0.303 e. The van der Waals surface area contributed by atoms with E-state index in [-0.39, 0.29) is 25.4 Å². The number of nitrogens with zero attached hydrogens (tertiary/aromatic N) is 2. The highest BCUT2D eigenvalue weighted by Gasteiger charge is 2.33. The van der Waals surface area contributed by atoms with Crippen molar-refractivity contribution in [2.24, 2.45) is 5.92 Å². The van der Waals surface area contributed by atoms with Gasteiger partial charge in [0.25, 0.3) is 10.0 Å². The predicted molar refractivity (Wildman–Crippen MR) is 67.9 cm³/mol. The molecule has 0 amide bonds. The fourth-order valence-corrected chi connectivity index (χ4v) is 3.87. The Balaban J connectivity index is 2.22. The van der Waals surface area contributed by atoms with Crippen LogP contribution >= 0.6 is 0 Å². The molecule has 8 heteroatoms. The molecule has 0 radical (unpaired) electrons. The van der Waals surface area contributed by atoms with E-state index in [1.54, 1.807) is 0 Å². The van der Waals surface area contributed by atoms with Crippen LogP contribution in [-0.2, 0) is 14.8 Å². The molecule has 2 heterocycles. The maximum atomic E-state index is 13.6. The lowest BCUT2D eigenvalue weighted by atomic mass is 9.96. The number of carbonyl (C=O) groups is 1. The quantitative estimate of drug-likeness (QED) is 0.899. The minimum absolute atomic E-state index is 0.0866. The largest absolute Gasteiger partial charge is 0.481 e. The van der Waals surface area contributed by atoms with E-state index < -0.39 is 26.8 Å². The molecule has 1 unspecified atom stereocenters. The zero-order chi connectivity index (χ0) is 14.8. The zero-order valence-corrected chi connectivity index (χ0v) is 11.5. The Morgan fingerprint density at radius 3 is 2.95 bits per heavy atom. The topological polar surface area (TPSA) is 87.6 Å². The number of hydrogen-bond donors (Lipinski definition) is 1. The van der Waals surface area contributed by atoms with Crippen molar-refractivity contribution in [3.63, 3.8) is 0 Å². The Labute approximate surface area is 116 Å². The number of carboxylic acid groups (broad SMARTS) is 1. The third-order valence-electron chi connectivity index (χ3n) is 3.25. The summed E-state index contributed by atoms with van der Waals surface area (Å²) in [4.78, 5) is 14.3. The number of halogens is 1. The molecule has 2 rings (SSSR count). The number of pyridine rings is 1. The second-order valence-electron chi connectivity index (χ2n) is 4.76. The molecule has 6 nitrogen and oxygen atoms in total. The first kappa shape index (κ1) is 14.9. The summed E-state index contributed by atoms with van der Waals surface area (Å²) in [6, 6.07) is 2.36. The van der Waals surface area contributed by atoms with E-state index in [2.05, 4.69) is 4.98 Å². The lowest BCUT2D eigenvalue weighted by Crippen LogP contribution is -2.41. The molecule has 0 spiro atoms. The first-order chi connectivity index (χ1) is 9.41. The molecule has 1 aromatic rings. The van der Waals surface area contributed by atoms with Gasteiger partial charge in [0, 0.05) is 25.7 Å². The van der Waals surface area contributed by atoms with Crippen molar-refractivity contribution >= 4 is 16.0 Å². The average Bonchev–Trinajstić information content (AvgIpc) is 2.38. The summed E-state index contributed by atoms with van der Waals surface area (Å²) in [5, 5.41) is 8.17. The van der Waals surface area contributed by atoms with Gasteiger partial charge in [-0.2, -0.15) is 4.31 Å². The number of hydrogen-bond acceptors (Lipinski definition) is 4. The molecular weight excluding hydrogens is 287 g/mol. The van der Waals surface area contributed by atoms with Crippen LogP contribution in [0.2, 0.25) is 0 Å². The van der Waals surface area contributed by atoms with Crippen molar-refractivity contribution in [3.8, 4) is 0 Å². The van der Waals surface area contributed by atoms with Gasteiger partial charge in [0.15, 0.2) is 5.82 Å². The normalized spacial score (nSPS) is 20.8. The van der Waals surface area contributed by atoms with E-state index in [4.69, 9.17) is 5.11 Å². The van der Waals surface area contributed by atoms with Crippen LogP contribution in [0, 0.1) is 11.7 Å². The molecule has 1 fully saturated rings. The van der Waals surface area contributed by atoms with Gasteiger partial charge in [-0.3, -0.25) is 4.79 Å². The van der Waals surface area contributed by atoms with Gasteiger partial charge in [-0.1, -0.05) is 0 Å². The van der Waals surface area contributed by atoms with Crippen molar-refractivity contribution in [3.05, 3.63) is 24.1 Å². The van der Waals surface area contributed by atoms with Gasteiger partial charge in [0.05, 0.1) is 0 Å². The monoisotopic (exact) mass is 302 g/mol. The molecule has 1 atom stereocenters. The molecule has 1 aliphatic heterocycles. The van der Waals surface area contributed by atoms with Gasteiger partial charge < -0.3 is 5.11 Å². The molecule has 1 aliphatic rings. The molecule has 0 saturated carbocycles. The van der Waals surface area contributed by atoms with Crippen LogP contribution in [0.5, 0.6) is 0 Å². The first-order valence-corrected chi connectivity index (χ1v) is 7.67. The van der Waals surface area contributed by atoms with E-state index in [1.807, 2.05) is 0 Å². The smallest absolute Gasteiger partial charge is 0.303 e. The van der Waals surface area contributed by atoms with E-state index in [9.17, 15) is 17.6 Å². The van der Waals surface area contributed by atoms with Crippen molar-refractivity contribution in [2.45, 2.75) is 24.3 Å². The zero-order valence-electron chi connectivity index (χ0n) is 10.7. The van der Waals surface area contributed by atoms with Crippen LogP contribution in [0.3, 0.4) is 0 Å². The van der Waals surface area contributed by atoms with Crippen LogP contribution in [-0.4, -0.2) is 41.9 Å². The Morgan fingerprint density at radius 1 is 1.55 bits per heavy atom. The van der Waals surface area contributed by atoms with Gasteiger partial charge in [-0.15, -0.1) is 0 Å². The number of aromatic nitrogens is 1. The summed E-state index contributed by atoms with van der Waals surface area (Å²) in [7, 11) is -4.01. The first-order valence-electron chi connectivity index (χ1n) is 6.23. The van der Waals surface area contributed by atoms with E-state index >= 15 is 0 Å². The van der Waals surface area contributed by atoms with Gasteiger partial charge >= 0.3 is 5.97 Å². The van der Waals surface area contributed by atoms with Crippen LogP contribution in [0.25, 0.3) is 0 Å². The molecule has 0 aliphatic carbocycles. The molecule has 0 bridgehead atoms. The number of rotatable bonds is 4. The predicted octanol–water partition coefficient (Wildman–Crippen LogP) is 1.10. The van der Waals surface area contributed by atoms with Crippen LogP contribution < -0.4 is 0 Å². The summed E-state index contributed by atoms with van der Waals surface area (Å²) in [5.74, 6) is -2.10. The minimum Gasteiger partial charge on any atom is -0.481 e. The highest BCUT2D eigenvalue weighted by atomic mass is 32.2. The fraction of sp³-hybridized carbons (Fsp3) is 0.500. The van der Waals surface area contributed by atoms with Crippen molar-refractivity contribution in [1.29, 1.82) is 0 Å². The van der Waals surface area contributed by atoms with Crippen LogP contribution in [0.15, 0.2) is 23.4 Å². The molecule has 20 heavy (non-hydrogen) atoms. The Morgan fingerprint density at radius 2 is 2.30 bits per heavy atom. The summed E-state index contributed by atoms with van der Waals surface area (Å²) >= 11 is 0. The molecule has 1 N–H and O–H groups in total. The van der Waals surface area contributed by atoms with Gasteiger partial charge in [-0.25, -0.2) is 17.8 Å². The molecule has 1 aromatic heterocycles. The standard InChI is InChI=1S/C12H15FN2O4S/c13-10-4-1-5-14-12(10)20(18,19)15-6-2-3-9(8-15)7-11(16)17/h1,4-5,9H,2-3,6-8H2,(H,16,17). The molecule has 0 aromatic carbocycles. The number of aliphatic carboxylic acids is 1. The van der Waals surface area contributed by atoms with Crippen LogP contribution in [0.4, 0.5) is 4.39 Å². The molecule has 110 valence electrons. The lowest BCUT2D eigenvalue weighted by molar-refractivity contribution is -0.138. The number of piperidine rings is 1. The minimum atomic E-state index is -4.01.